The van der Waals surface area contributed by atoms with E-state index >= 15 is 0 Å². The number of fused-ring (bicyclic) bond motifs is 1. The highest BCUT2D eigenvalue weighted by Gasteiger charge is 2.59. The molecule has 32 heavy (non-hydrogen) atoms. The zero-order chi connectivity index (χ0) is 22.2. The maximum atomic E-state index is 12.1. The summed E-state index contributed by atoms with van der Waals surface area (Å²) in [4.78, 5) is 23.2. The summed E-state index contributed by atoms with van der Waals surface area (Å²) in [6, 6.07) is 7.91. The monoisotopic (exact) mass is 434 g/mol. The number of carbonyl (C=O) groups excluding carboxylic acids is 1. The summed E-state index contributed by atoms with van der Waals surface area (Å²) in [5.74, 6) is 2.57. The quantitative estimate of drug-likeness (QED) is 0.503. The van der Waals surface area contributed by atoms with Gasteiger partial charge in [-0.25, -0.2) is 9.97 Å². The van der Waals surface area contributed by atoms with E-state index in [4.69, 9.17) is 10.2 Å². The lowest BCUT2D eigenvalue weighted by molar-refractivity contribution is -0.122. The van der Waals surface area contributed by atoms with Crippen molar-refractivity contribution in [3.05, 3.63) is 36.0 Å². The second kappa shape index (κ2) is 8.19. The lowest BCUT2D eigenvalue weighted by Crippen LogP contribution is -2.32. The number of rotatable bonds is 7. The number of benzene rings is 1. The maximum Gasteiger partial charge on any atom is 0.270 e. The Hall–Kier alpha value is -3.53. The molecule has 0 spiro atoms. The molecule has 1 saturated heterocycles. The number of nitrogens with one attached hydrogen (secondary N) is 2. The average molecular weight is 435 g/mol. The van der Waals surface area contributed by atoms with E-state index < -0.39 is 0 Å². The summed E-state index contributed by atoms with van der Waals surface area (Å²) >= 11 is 0. The Bertz CT molecular complexity index is 1120. The van der Waals surface area contributed by atoms with Gasteiger partial charge in [0.1, 0.15) is 5.82 Å². The highest BCUT2D eigenvalue weighted by Crippen LogP contribution is 2.52. The molecular weight excluding hydrogens is 408 g/mol. The Labute approximate surface area is 185 Å². The van der Waals surface area contributed by atoms with E-state index in [1.165, 1.54) is 0 Å². The molecular formula is C22H26N8O2. The molecule has 3 aromatic rings. The Morgan fingerprint density at radius 2 is 1.91 bits per heavy atom. The number of carbonyl (C=O) groups is 1. The van der Waals surface area contributed by atoms with E-state index in [-0.39, 0.29) is 23.5 Å². The van der Waals surface area contributed by atoms with Gasteiger partial charge in [-0.1, -0.05) is 12.1 Å². The number of aromatic nitrogens is 4. The van der Waals surface area contributed by atoms with Gasteiger partial charge in [0, 0.05) is 37.7 Å². The second-order valence-electron chi connectivity index (χ2n) is 8.25. The highest BCUT2D eigenvalue weighted by molar-refractivity contribution is 5.83. The molecule has 10 nitrogen and oxygen atoms in total. The number of nitrogens with zero attached hydrogens (tertiary/aromatic N) is 5. The number of anilines is 2. The van der Waals surface area contributed by atoms with Crippen LogP contribution >= 0.6 is 0 Å². The molecule has 2 aliphatic rings. The molecule has 5 rings (SSSR count). The smallest absolute Gasteiger partial charge is 0.270 e. The minimum Gasteiger partial charge on any atom is -0.414 e. The van der Waals surface area contributed by atoms with Gasteiger partial charge in [-0.3, -0.25) is 4.79 Å². The lowest BCUT2D eigenvalue weighted by Gasteiger charge is -2.20. The van der Waals surface area contributed by atoms with Crippen LogP contribution in [0.4, 0.5) is 11.6 Å². The van der Waals surface area contributed by atoms with Crippen LogP contribution in [0.1, 0.15) is 12.5 Å². The molecule has 10 heteroatoms. The number of nitrogens with two attached hydrogens (primary N) is 1. The van der Waals surface area contributed by atoms with Gasteiger partial charge < -0.3 is 25.7 Å². The van der Waals surface area contributed by atoms with E-state index in [0.717, 1.165) is 30.8 Å². The Morgan fingerprint density at radius 3 is 2.59 bits per heavy atom. The second-order valence-corrected chi connectivity index (χ2v) is 8.25. The van der Waals surface area contributed by atoms with E-state index in [1.54, 1.807) is 6.20 Å². The summed E-state index contributed by atoms with van der Waals surface area (Å²) in [6.07, 6.45) is 1.66. The van der Waals surface area contributed by atoms with Crippen molar-refractivity contribution in [2.24, 2.45) is 17.8 Å². The third kappa shape index (κ3) is 3.66. The van der Waals surface area contributed by atoms with Crippen LogP contribution in [0.25, 0.3) is 23.0 Å². The minimum absolute atomic E-state index is 0.116. The van der Waals surface area contributed by atoms with E-state index in [0.29, 0.717) is 35.8 Å². The number of hydrogen-bond acceptors (Lipinski definition) is 9. The molecule has 1 aliphatic carbocycles. The van der Waals surface area contributed by atoms with Crippen molar-refractivity contribution in [1.82, 2.24) is 30.8 Å². The predicted molar refractivity (Wildman–Crippen MR) is 119 cm³/mol. The molecule has 0 radical (unpaired) electrons. The van der Waals surface area contributed by atoms with Gasteiger partial charge in [0.25, 0.3) is 5.89 Å². The highest BCUT2D eigenvalue weighted by atomic mass is 16.4. The molecule has 2 aromatic heterocycles. The standard InChI is InChI=1S/C22H26N8O2/c1-3-25-20(31)17-14-10-30(11-15(14)17)16-9-26-19(23)18(27-16)22-29-28-21(32-22)13-6-4-12(5-7-13)8-24-2/h4-7,9,14-15,17,24H,3,8,10-11H2,1-2H3,(H2,23,26)(H,25,31). The van der Waals surface area contributed by atoms with E-state index in [1.807, 2.05) is 38.2 Å². The van der Waals surface area contributed by atoms with Crippen molar-refractivity contribution in [3.8, 4) is 23.0 Å². The van der Waals surface area contributed by atoms with Crippen molar-refractivity contribution in [3.63, 3.8) is 0 Å². The molecule has 0 bridgehead atoms. The maximum absolute atomic E-state index is 12.1. The molecule has 1 saturated carbocycles. The number of nitrogen functional groups attached to an aromatic ring is 1. The normalized spacial score (nSPS) is 21.4. The van der Waals surface area contributed by atoms with Gasteiger partial charge in [0.15, 0.2) is 11.5 Å². The van der Waals surface area contributed by atoms with Crippen LogP contribution in [0, 0.1) is 17.8 Å². The molecule has 1 aliphatic heterocycles. The van der Waals surface area contributed by atoms with Gasteiger partial charge >= 0.3 is 0 Å². The van der Waals surface area contributed by atoms with Gasteiger partial charge in [-0.2, -0.15) is 0 Å². The first-order valence-corrected chi connectivity index (χ1v) is 10.8. The zero-order valence-electron chi connectivity index (χ0n) is 18.1. The molecule has 3 heterocycles. The van der Waals surface area contributed by atoms with Gasteiger partial charge in [-0.15, -0.1) is 10.2 Å². The first-order chi connectivity index (χ1) is 15.6. The van der Waals surface area contributed by atoms with Crippen LogP contribution in [0.2, 0.25) is 0 Å². The Kier molecular flexibility index (Phi) is 5.22. The van der Waals surface area contributed by atoms with Crippen LogP contribution in [0.5, 0.6) is 0 Å². The fourth-order valence-corrected chi connectivity index (χ4v) is 4.50. The average Bonchev–Trinajstić information content (AvgIpc) is 3.13. The molecule has 2 fully saturated rings. The molecule has 2 unspecified atom stereocenters. The Balaban J connectivity index is 1.32. The predicted octanol–water partition coefficient (Wildman–Crippen LogP) is 1.31. The van der Waals surface area contributed by atoms with E-state index in [2.05, 4.69) is 35.7 Å². The van der Waals surface area contributed by atoms with Crippen LogP contribution < -0.4 is 21.3 Å². The van der Waals surface area contributed by atoms with Gasteiger partial charge in [-0.05, 0) is 43.5 Å². The molecule has 166 valence electrons. The van der Waals surface area contributed by atoms with Crippen LogP contribution in [-0.4, -0.2) is 52.8 Å². The third-order valence-electron chi connectivity index (χ3n) is 6.17. The van der Waals surface area contributed by atoms with Crippen molar-refractivity contribution < 1.29 is 9.21 Å². The topological polar surface area (TPSA) is 135 Å². The Morgan fingerprint density at radius 1 is 1.19 bits per heavy atom. The molecule has 4 N–H and O–H groups in total. The van der Waals surface area contributed by atoms with Crippen molar-refractivity contribution in [2.75, 3.05) is 37.3 Å². The summed E-state index contributed by atoms with van der Waals surface area (Å²) in [6.45, 7) is 4.95. The first-order valence-electron chi connectivity index (χ1n) is 10.8. The molecule has 1 aromatic carbocycles. The van der Waals surface area contributed by atoms with Gasteiger partial charge in [0.2, 0.25) is 11.8 Å². The largest absolute Gasteiger partial charge is 0.414 e. The van der Waals surface area contributed by atoms with Crippen molar-refractivity contribution in [2.45, 2.75) is 13.5 Å². The van der Waals surface area contributed by atoms with Crippen molar-refractivity contribution >= 4 is 17.5 Å². The summed E-state index contributed by atoms with van der Waals surface area (Å²) in [5, 5.41) is 14.3. The number of hydrogen-bond donors (Lipinski definition) is 3. The molecule has 2 atom stereocenters. The van der Waals surface area contributed by atoms with Crippen LogP contribution in [0.3, 0.4) is 0 Å². The first kappa shape index (κ1) is 20.4. The third-order valence-corrected chi connectivity index (χ3v) is 6.17. The summed E-state index contributed by atoms with van der Waals surface area (Å²) in [5.41, 5.74) is 8.43. The van der Waals surface area contributed by atoms with E-state index in [9.17, 15) is 4.79 Å². The zero-order valence-corrected chi connectivity index (χ0v) is 18.1. The van der Waals surface area contributed by atoms with Crippen LogP contribution in [0.15, 0.2) is 34.9 Å². The summed E-state index contributed by atoms with van der Waals surface area (Å²) in [7, 11) is 1.91. The number of piperidine rings is 1. The minimum atomic E-state index is 0.116. The number of amides is 1. The van der Waals surface area contributed by atoms with Crippen LogP contribution in [-0.2, 0) is 11.3 Å². The molecule has 1 amide bonds. The van der Waals surface area contributed by atoms with Crippen molar-refractivity contribution in [1.29, 1.82) is 0 Å². The SMILES string of the molecule is CCNC(=O)C1C2CN(c3cnc(N)c(-c4nnc(-c5ccc(CNC)cc5)o4)n3)CC21. The summed E-state index contributed by atoms with van der Waals surface area (Å²) < 4.78 is 5.87. The fourth-order valence-electron chi connectivity index (χ4n) is 4.50. The van der Waals surface area contributed by atoms with Gasteiger partial charge in [0.05, 0.1) is 6.20 Å². The lowest BCUT2D eigenvalue weighted by atomic mass is 10.1. The fraction of sp³-hybridized carbons (Fsp3) is 0.409.